The molecule has 6 nitrogen and oxygen atoms in total. The van der Waals surface area contributed by atoms with Crippen LogP contribution in [0.2, 0.25) is 0 Å². The number of nitrogens with one attached hydrogen (secondary N) is 3. The van der Waals surface area contributed by atoms with Crippen molar-refractivity contribution < 1.29 is 21.6 Å². The molecule has 1 heterocycles. The first kappa shape index (κ1) is 21.1. The molecule has 1 aliphatic rings. The number of rotatable bonds is 6. The molecular weight excluding hydrogens is 508 g/mol. The number of halogens is 4. The number of hydrogen-bond acceptors (Lipinski definition) is 4. The fourth-order valence-electron chi connectivity index (χ4n) is 2.87. The summed E-state index contributed by atoms with van der Waals surface area (Å²) < 4.78 is 71.7. The summed E-state index contributed by atoms with van der Waals surface area (Å²) in [6.45, 7) is 0.545. The van der Waals surface area contributed by atoms with E-state index in [-0.39, 0.29) is 24.0 Å². The fourth-order valence-corrected chi connectivity index (χ4v) is 4.62. The second-order valence-corrected chi connectivity index (χ2v) is 9.19. The Kier molecular flexibility index (Phi) is 6.37. The van der Waals surface area contributed by atoms with Crippen LogP contribution in [-0.4, -0.2) is 38.9 Å². The summed E-state index contributed by atoms with van der Waals surface area (Å²) in [5.74, 6) is -3.18. The average Bonchev–Trinajstić information content (AvgIpc) is 3.13. The van der Waals surface area contributed by atoms with Gasteiger partial charge in [0.1, 0.15) is 11.5 Å². The molecule has 0 spiro atoms. The molecule has 0 amide bonds. The van der Waals surface area contributed by atoms with Gasteiger partial charge in [0.15, 0.2) is 11.6 Å². The van der Waals surface area contributed by atoms with Crippen LogP contribution in [0.3, 0.4) is 0 Å². The molecular formula is C17H18F3IN4O2S. The zero-order valence-electron chi connectivity index (χ0n) is 14.8. The zero-order valence-corrected chi connectivity index (χ0v) is 17.7. The van der Waals surface area contributed by atoms with Crippen LogP contribution in [0, 0.1) is 21.0 Å². The van der Waals surface area contributed by atoms with Gasteiger partial charge in [-0.3, -0.25) is 4.72 Å². The highest BCUT2D eigenvalue weighted by atomic mass is 127. The van der Waals surface area contributed by atoms with Crippen LogP contribution < -0.4 is 15.4 Å². The maximum atomic E-state index is 14.4. The molecule has 0 saturated carbocycles. The molecule has 1 aliphatic heterocycles. The Bertz CT molecular complexity index is 991. The van der Waals surface area contributed by atoms with Crippen LogP contribution in [0.25, 0.3) is 0 Å². The molecule has 11 heteroatoms. The van der Waals surface area contributed by atoms with E-state index in [2.05, 4.69) is 15.4 Å². The number of nitrogens with zero attached hydrogens (tertiary/aromatic N) is 1. The van der Waals surface area contributed by atoms with Gasteiger partial charge >= 0.3 is 10.2 Å². The molecule has 3 rings (SSSR count). The van der Waals surface area contributed by atoms with Crippen molar-refractivity contribution in [2.24, 2.45) is 0 Å². The van der Waals surface area contributed by atoms with Crippen molar-refractivity contribution in [3.8, 4) is 0 Å². The summed E-state index contributed by atoms with van der Waals surface area (Å²) in [5.41, 5.74) is -0.820. The molecule has 3 N–H and O–H groups in total. The van der Waals surface area contributed by atoms with E-state index in [1.807, 2.05) is 22.6 Å². The predicted octanol–water partition coefficient (Wildman–Crippen LogP) is 3.40. The smallest absolute Gasteiger partial charge is 0.301 e. The van der Waals surface area contributed by atoms with E-state index >= 15 is 0 Å². The Labute approximate surface area is 174 Å². The van der Waals surface area contributed by atoms with E-state index in [4.69, 9.17) is 0 Å². The first-order chi connectivity index (χ1) is 13.2. The standard InChI is InChI=1S/C17H18F3IN4O2S/c1-22-11-6-7-25(9-11)28(26,27)24-15-5-3-12(18)16(20)17(15)23-14-4-2-10(21)8-13(14)19/h2-5,8,11,22-24H,6-7,9H2,1H3. The van der Waals surface area contributed by atoms with E-state index in [9.17, 15) is 21.6 Å². The lowest BCUT2D eigenvalue weighted by Gasteiger charge is -2.20. The fraction of sp³-hybridized carbons (Fsp3) is 0.294. The van der Waals surface area contributed by atoms with E-state index in [1.54, 1.807) is 13.1 Å². The Morgan fingerprint density at radius 1 is 1.11 bits per heavy atom. The average molecular weight is 526 g/mol. The van der Waals surface area contributed by atoms with Gasteiger partial charge in [0.05, 0.1) is 11.4 Å². The van der Waals surface area contributed by atoms with Gasteiger partial charge in [-0.2, -0.15) is 12.7 Å². The van der Waals surface area contributed by atoms with E-state index in [1.165, 1.54) is 16.4 Å². The van der Waals surface area contributed by atoms with Gasteiger partial charge in [0, 0.05) is 22.7 Å². The Morgan fingerprint density at radius 3 is 2.46 bits per heavy atom. The predicted molar refractivity (Wildman–Crippen MR) is 110 cm³/mol. The van der Waals surface area contributed by atoms with Gasteiger partial charge in [0.25, 0.3) is 0 Å². The number of hydrogen-bond donors (Lipinski definition) is 3. The first-order valence-electron chi connectivity index (χ1n) is 8.36. The zero-order chi connectivity index (χ0) is 20.5. The van der Waals surface area contributed by atoms with Crippen LogP contribution >= 0.6 is 22.6 Å². The highest BCUT2D eigenvalue weighted by Crippen LogP contribution is 2.33. The van der Waals surface area contributed by atoms with Crippen molar-refractivity contribution in [2.45, 2.75) is 12.5 Å². The molecule has 2 aromatic carbocycles. The van der Waals surface area contributed by atoms with Gasteiger partial charge < -0.3 is 10.6 Å². The molecule has 152 valence electrons. The van der Waals surface area contributed by atoms with Gasteiger partial charge in [-0.25, -0.2) is 13.2 Å². The third kappa shape index (κ3) is 4.53. The molecule has 0 aliphatic carbocycles. The second kappa shape index (κ2) is 8.43. The molecule has 28 heavy (non-hydrogen) atoms. The highest BCUT2D eigenvalue weighted by molar-refractivity contribution is 14.1. The molecule has 0 aromatic heterocycles. The summed E-state index contributed by atoms with van der Waals surface area (Å²) in [5, 5.41) is 5.46. The molecule has 0 radical (unpaired) electrons. The maximum absolute atomic E-state index is 14.4. The summed E-state index contributed by atoms with van der Waals surface area (Å²) in [7, 11) is -2.26. The van der Waals surface area contributed by atoms with E-state index in [0.29, 0.717) is 16.5 Å². The SMILES string of the molecule is CNC1CCN(S(=O)(=O)Nc2ccc(F)c(F)c2Nc2ccc(I)cc2F)C1. The summed E-state index contributed by atoms with van der Waals surface area (Å²) in [6.07, 6.45) is 0.633. The van der Waals surface area contributed by atoms with Gasteiger partial charge in [0.2, 0.25) is 0 Å². The lowest BCUT2D eigenvalue weighted by molar-refractivity contribution is 0.469. The Hall–Kier alpha value is -1.57. The van der Waals surface area contributed by atoms with Crippen LogP contribution in [0.1, 0.15) is 6.42 Å². The normalized spacial score (nSPS) is 17.7. The van der Waals surface area contributed by atoms with Gasteiger partial charge in [-0.15, -0.1) is 0 Å². The van der Waals surface area contributed by atoms with Crippen molar-refractivity contribution in [3.63, 3.8) is 0 Å². The van der Waals surface area contributed by atoms with E-state index in [0.717, 1.165) is 12.1 Å². The third-order valence-corrected chi connectivity index (χ3v) is 6.58. The van der Waals surface area contributed by atoms with Crippen molar-refractivity contribution >= 4 is 49.9 Å². The lowest BCUT2D eigenvalue weighted by Crippen LogP contribution is -2.37. The molecule has 0 bridgehead atoms. The minimum absolute atomic E-state index is 0.0139. The molecule has 1 unspecified atom stereocenters. The number of anilines is 3. The quantitative estimate of drug-likeness (QED) is 0.505. The minimum atomic E-state index is -4.00. The highest BCUT2D eigenvalue weighted by Gasteiger charge is 2.31. The lowest BCUT2D eigenvalue weighted by atomic mass is 10.2. The monoisotopic (exact) mass is 526 g/mol. The summed E-state index contributed by atoms with van der Waals surface area (Å²) in [4.78, 5) is 0. The number of benzene rings is 2. The topological polar surface area (TPSA) is 73.5 Å². The van der Waals surface area contributed by atoms with Crippen molar-refractivity contribution in [3.05, 3.63) is 51.4 Å². The molecule has 1 fully saturated rings. The largest absolute Gasteiger partial charge is 0.349 e. The van der Waals surface area contributed by atoms with Crippen LogP contribution in [-0.2, 0) is 10.2 Å². The summed E-state index contributed by atoms with van der Waals surface area (Å²) in [6, 6.07) is 6.07. The molecule has 2 aromatic rings. The first-order valence-corrected chi connectivity index (χ1v) is 10.9. The van der Waals surface area contributed by atoms with Crippen LogP contribution in [0.4, 0.5) is 30.2 Å². The Morgan fingerprint density at radius 2 is 1.82 bits per heavy atom. The summed E-state index contributed by atoms with van der Waals surface area (Å²) >= 11 is 1.91. The van der Waals surface area contributed by atoms with Crippen molar-refractivity contribution in [1.82, 2.24) is 9.62 Å². The maximum Gasteiger partial charge on any atom is 0.301 e. The molecule has 1 saturated heterocycles. The van der Waals surface area contributed by atoms with Crippen molar-refractivity contribution in [1.29, 1.82) is 0 Å². The van der Waals surface area contributed by atoms with Gasteiger partial charge in [-0.05, 0) is 66.4 Å². The Balaban J connectivity index is 1.92. The molecule has 1 atom stereocenters. The van der Waals surface area contributed by atoms with Crippen molar-refractivity contribution in [2.75, 3.05) is 30.2 Å². The minimum Gasteiger partial charge on any atom is -0.349 e. The second-order valence-electron chi connectivity index (χ2n) is 6.27. The van der Waals surface area contributed by atoms with Crippen LogP contribution in [0.5, 0.6) is 0 Å². The van der Waals surface area contributed by atoms with Gasteiger partial charge in [-0.1, -0.05) is 0 Å². The third-order valence-electron chi connectivity index (χ3n) is 4.42. The van der Waals surface area contributed by atoms with E-state index < -0.39 is 33.3 Å². The van der Waals surface area contributed by atoms with Crippen LogP contribution in [0.15, 0.2) is 30.3 Å². The number of likely N-dealkylation sites (N-methyl/N-ethyl adjacent to an activating group) is 1.